The first-order valence-corrected chi connectivity index (χ1v) is 8.39. The molecule has 0 aromatic rings. The van der Waals surface area contributed by atoms with Crippen molar-refractivity contribution in [2.45, 2.75) is 44.9 Å². The molecule has 0 aliphatic heterocycles. The fraction of sp³-hybridized carbons (Fsp3) is 0.875. The van der Waals surface area contributed by atoms with Gasteiger partial charge in [0.2, 0.25) is 0 Å². The minimum absolute atomic E-state index is 0.0184. The number of hydrogen-bond acceptors (Lipinski definition) is 2. The van der Waals surface area contributed by atoms with Crippen LogP contribution in [0.4, 0.5) is 4.79 Å². The maximum Gasteiger partial charge on any atom is 0.317 e. The first-order valence-electron chi connectivity index (χ1n) is 8.39. The van der Waals surface area contributed by atoms with Crippen LogP contribution in [0.2, 0.25) is 0 Å². The van der Waals surface area contributed by atoms with Crippen LogP contribution in [0.15, 0.2) is 0 Å². The molecule has 0 saturated heterocycles. The molecule has 2 unspecified atom stereocenters. The molecule has 0 radical (unpaired) electrons. The standard InChI is InChI=1S/C16H26N2O3/c19-15(20)14-3-1-2-13(14)8-17-16(21)18(9-11-4-5-11)10-12-6-7-12/h11-14H,1-10H2,(H,17,21)(H,19,20). The van der Waals surface area contributed by atoms with Crippen LogP contribution in [-0.2, 0) is 4.79 Å². The molecule has 3 aliphatic carbocycles. The van der Waals surface area contributed by atoms with Gasteiger partial charge in [0.1, 0.15) is 0 Å². The van der Waals surface area contributed by atoms with E-state index in [9.17, 15) is 14.7 Å². The van der Waals surface area contributed by atoms with Crippen LogP contribution in [-0.4, -0.2) is 41.6 Å². The van der Waals surface area contributed by atoms with E-state index in [0.29, 0.717) is 18.4 Å². The Bertz CT molecular complexity index is 390. The van der Waals surface area contributed by atoms with Gasteiger partial charge in [0.05, 0.1) is 5.92 Å². The Morgan fingerprint density at radius 1 is 1.00 bits per heavy atom. The number of nitrogens with zero attached hydrogens (tertiary/aromatic N) is 1. The monoisotopic (exact) mass is 294 g/mol. The van der Waals surface area contributed by atoms with Gasteiger partial charge in [-0.1, -0.05) is 6.42 Å². The van der Waals surface area contributed by atoms with E-state index >= 15 is 0 Å². The average Bonchev–Trinajstić information content (AvgIpc) is 3.37. The first-order chi connectivity index (χ1) is 10.1. The molecule has 3 fully saturated rings. The highest BCUT2D eigenvalue weighted by atomic mass is 16.4. The lowest BCUT2D eigenvalue weighted by Crippen LogP contribution is -2.44. The fourth-order valence-corrected chi connectivity index (χ4v) is 3.40. The summed E-state index contributed by atoms with van der Waals surface area (Å²) in [6.07, 6.45) is 7.63. The fourth-order valence-electron chi connectivity index (χ4n) is 3.40. The Kier molecular flexibility index (Phi) is 4.36. The molecule has 0 spiro atoms. The summed E-state index contributed by atoms with van der Waals surface area (Å²) < 4.78 is 0. The van der Waals surface area contributed by atoms with Crippen molar-refractivity contribution >= 4 is 12.0 Å². The van der Waals surface area contributed by atoms with Crippen LogP contribution >= 0.6 is 0 Å². The van der Waals surface area contributed by atoms with E-state index in [2.05, 4.69) is 5.32 Å². The predicted octanol–water partition coefficient (Wildman–Crippen LogP) is 2.32. The van der Waals surface area contributed by atoms with E-state index in [1.807, 2.05) is 4.90 Å². The summed E-state index contributed by atoms with van der Waals surface area (Å²) in [6, 6.07) is 0.0184. The Hall–Kier alpha value is -1.26. The number of rotatable bonds is 7. The van der Waals surface area contributed by atoms with Gasteiger partial charge < -0.3 is 15.3 Å². The maximum absolute atomic E-state index is 12.4. The molecule has 5 heteroatoms. The van der Waals surface area contributed by atoms with Gasteiger partial charge in [0.15, 0.2) is 0 Å². The number of hydrogen-bond donors (Lipinski definition) is 2. The topological polar surface area (TPSA) is 69.6 Å². The van der Waals surface area contributed by atoms with Crippen LogP contribution < -0.4 is 5.32 Å². The van der Waals surface area contributed by atoms with Crippen molar-refractivity contribution in [1.82, 2.24) is 10.2 Å². The molecule has 0 heterocycles. The number of carboxylic acid groups (broad SMARTS) is 1. The second-order valence-corrected chi connectivity index (χ2v) is 7.11. The molecule has 21 heavy (non-hydrogen) atoms. The van der Waals surface area contributed by atoms with E-state index in [1.54, 1.807) is 0 Å². The van der Waals surface area contributed by atoms with Crippen molar-refractivity contribution in [3.05, 3.63) is 0 Å². The van der Waals surface area contributed by atoms with Gasteiger partial charge in [-0.3, -0.25) is 4.79 Å². The van der Waals surface area contributed by atoms with Gasteiger partial charge in [-0.25, -0.2) is 4.79 Å². The highest BCUT2D eigenvalue weighted by molar-refractivity contribution is 5.74. The SMILES string of the molecule is O=C(O)C1CCCC1CNC(=O)N(CC1CC1)CC1CC1. The summed E-state index contributed by atoms with van der Waals surface area (Å²) in [5, 5.41) is 12.2. The zero-order chi connectivity index (χ0) is 14.8. The van der Waals surface area contributed by atoms with Crippen LogP contribution in [0.3, 0.4) is 0 Å². The maximum atomic E-state index is 12.4. The second-order valence-electron chi connectivity index (χ2n) is 7.11. The van der Waals surface area contributed by atoms with Gasteiger partial charge in [0.25, 0.3) is 0 Å². The summed E-state index contributed by atoms with van der Waals surface area (Å²) in [5.74, 6) is 0.529. The second kappa shape index (κ2) is 6.24. The number of carboxylic acids is 1. The van der Waals surface area contributed by atoms with Crippen LogP contribution in [0.5, 0.6) is 0 Å². The van der Waals surface area contributed by atoms with Crippen molar-refractivity contribution < 1.29 is 14.7 Å². The third kappa shape index (κ3) is 4.11. The first kappa shape index (κ1) is 14.7. The van der Waals surface area contributed by atoms with E-state index in [-0.39, 0.29) is 17.9 Å². The molecule has 2 amide bonds. The molecule has 0 aromatic carbocycles. The molecule has 2 N–H and O–H groups in total. The van der Waals surface area contributed by atoms with Crippen molar-refractivity contribution in [1.29, 1.82) is 0 Å². The van der Waals surface area contributed by atoms with Gasteiger partial charge >= 0.3 is 12.0 Å². The minimum Gasteiger partial charge on any atom is -0.481 e. The van der Waals surface area contributed by atoms with Crippen molar-refractivity contribution in [3.63, 3.8) is 0 Å². The smallest absolute Gasteiger partial charge is 0.317 e. The number of amides is 2. The van der Waals surface area contributed by atoms with Gasteiger partial charge in [-0.2, -0.15) is 0 Å². The van der Waals surface area contributed by atoms with E-state index < -0.39 is 5.97 Å². The number of carbonyl (C=O) groups excluding carboxylic acids is 1. The normalized spacial score (nSPS) is 28.4. The van der Waals surface area contributed by atoms with Crippen molar-refractivity contribution in [2.24, 2.45) is 23.7 Å². The van der Waals surface area contributed by atoms with Gasteiger partial charge in [-0.15, -0.1) is 0 Å². The lowest BCUT2D eigenvalue weighted by atomic mass is 9.96. The van der Waals surface area contributed by atoms with E-state index in [0.717, 1.165) is 32.4 Å². The van der Waals surface area contributed by atoms with E-state index in [4.69, 9.17) is 0 Å². The number of carbonyl (C=O) groups is 2. The molecular weight excluding hydrogens is 268 g/mol. The molecule has 3 saturated carbocycles. The summed E-state index contributed by atoms with van der Waals surface area (Å²) in [5.41, 5.74) is 0. The Labute approximate surface area is 126 Å². The summed E-state index contributed by atoms with van der Waals surface area (Å²) in [4.78, 5) is 25.5. The molecule has 118 valence electrons. The molecule has 0 bridgehead atoms. The lowest BCUT2D eigenvalue weighted by molar-refractivity contribution is -0.142. The van der Waals surface area contributed by atoms with Crippen molar-refractivity contribution in [2.75, 3.05) is 19.6 Å². The Morgan fingerprint density at radius 3 is 2.14 bits per heavy atom. The van der Waals surface area contributed by atoms with Gasteiger partial charge in [0, 0.05) is 19.6 Å². The largest absolute Gasteiger partial charge is 0.481 e. The molecule has 2 atom stereocenters. The third-order valence-corrected chi connectivity index (χ3v) is 5.13. The molecule has 5 nitrogen and oxygen atoms in total. The molecular formula is C16H26N2O3. The zero-order valence-electron chi connectivity index (χ0n) is 12.6. The highest BCUT2D eigenvalue weighted by Crippen LogP contribution is 2.34. The lowest BCUT2D eigenvalue weighted by Gasteiger charge is -2.25. The molecule has 3 aliphatic rings. The Balaban J connectivity index is 1.47. The summed E-state index contributed by atoms with van der Waals surface area (Å²) in [6.45, 7) is 2.28. The number of nitrogens with one attached hydrogen (secondary N) is 1. The van der Waals surface area contributed by atoms with Crippen LogP contribution in [0.1, 0.15) is 44.9 Å². The molecule has 0 aromatic heterocycles. The third-order valence-electron chi connectivity index (χ3n) is 5.13. The minimum atomic E-state index is -0.709. The number of aliphatic carboxylic acids is 1. The summed E-state index contributed by atoms with van der Waals surface area (Å²) >= 11 is 0. The van der Waals surface area contributed by atoms with Crippen molar-refractivity contribution in [3.8, 4) is 0 Å². The predicted molar refractivity (Wildman–Crippen MR) is 78.9 cm³/mol. The zero-order valence-corrected chi connectivity index (χ0v) is 12.6. The Morgan fingerprint density at radius 2 is 1.62 bits per heavy atom. The number of urea groups is 1. The van der Waals surface area contributed by atoms with Gasteiger partial charge in [-0.05, 0) is 56.3 Å². The highest BCUT2D eigenvalue weighted by Gasteiger charge is 2.34. The van der Waals surface area contributed by atoms with Crippen LogP contribution in [0, 0.1) is 23.7 Å². The summed E-state index contributed by atoms with van der Waals surface area (Å²) in [7, 11) is 0. The average molecular weight is 294 g/mol. The molecule has 3 rings (SSSR count). The van der Waals surface area contributed by atoms with Crippen LogP contribution in [0.25, 0.3) is 0 Å². The quantitative estimate of drug-likeness (QED) is 0.757. The van der Waals surface area contributed by atoms with E-state index in [1.165, 1.54) is 25.7 Å².